The molecule has 0 atom stereocenters. The van der Waals surface area contributed by atoms with Crippen LogP contribution in [0.3, 0.4) is 0 Å². The van der Waals surface area contributed by atoms with Gasteiger partial charge in [0.2, 0.25) is 5.95 Å². The second-order valence-corrected chi connectivity index (χ2v) is 11.8. The molecule has 10 nitrogen and oxygen atoms in total. The van der Waals surface area contributed by atoms with Crippen LogP contribution in [0.1, 0.15) is 48.5 Å². The first-order chi connectivity index (χ1) is 19.1. The van der Waals surface area contributed by atoms with Crippen LogP contribution in [-0.2, 0) is 13.6 Å². The molecule has 10 heteroatoms. The van der Waals surface area contributed by atoms with Gasteiger partial charge in [-0.3, -0.25) is 19.8 Å². The van der Waals surface area contributed by atoms with Crippen molar-refractivity contribution in [3.63, 3.8) is 0 Å². The van der Waals surface area contributed by atoms with Gasteiger partial charge < -0.3 is 19.5 Å². The molecule has 1 fully saturated rings. The minimum Gasteiger partial charge on any atom is -0.389 e. The number of pyridine rings is 1. The number of carbonyl (C=O) groups is 1. The number of amides is 1. The van der Waals surface area contributed by atoms with Crippen molar-refractivity contribution in [1.82, 2.24) is 34.1 Å². The molecule has 1 aliphatic heterocycles. The number of nitrogens with one attached hydrogen (secondary N) is 1. The maximum Gasteiger partial charge on any atom is 0.258 e. The molecule has 0 aliphatic carbocycles. The highest BCUT2D eigenvalue weighted by atomic mass is 16.3. The van der Waals surface area contributed by atoms with E-state index in [2.05, 4.69) is 51.4 Å². The highest BCUT2D eigenvalue weighted by molar-refractivity contribution is 6.04. The van der Waals surface area contributed by atoms with Gasteiger partial charge in [0.1, 0.15) is 0 Å². The summed E-state index contributed by atoms with van der Waals surface area (Å²) in [5, 5.41) is 17.9. The first-order valence-electron chi connectivity index (χ1n) is 13.9. The van der Waals surface area contributed by atoms with Crippen LogP contribution < -0.4 is 5.32 Å². The maximum atomic E-state index is 13.4. The summed E-state index contributed by atoms with van der Waals surface area (Å²) in [6, 6.07) is 9.82. The van der Waals surface area contributed by atoms with Crippen LogP contribution in [0.4, 0.5) is 5.95 Å². The van der Waals surface area contributed by atoms with Crippen LogP contribution >= 0.6 is 0 Å². The maximum absolute atomic E-state index is 13.4. The predicted octanol–water partition coefficient (Wildman–Crippen LogP) is 3.60. The third kappa shape index (κ3) is 6.57. The zero-order chi connectivity index (χ0) is 28.4. The second kappa shape index (κ2) is 11.5. The van der Waals surface area contributed by atoms with Crippen molar-refractivity contribution in [2.45, 2.75) is 44.8 Å². The Labute approximate surface area is 235 Å². The summed E-state index contributed by atoms with van der Waals surface area (Å²) in [5.41, 5.74) is 3.96. The number of imidazole rings is 1. The number of aryl methyl sites for hydroxylation is 1. The highest BCUT2D eigenvalue weighted by Gasteiger charge is 2.24. The fourth-order valence-corrected chi connectivity index (χ4v) is 5.32. The van der Waals surface area contributed by atoms with E-state index in [0.29, 0.717) is 29.7 Å². The third-order valence-electron chi connectivity index (χ3n) is 7.49. The van der Waals surface area contributed by atoms with E-state index in [1.807, 2.05) is 23.9 Å². The lowest BCUT2D eigenvalue weighted by molar-refractivity contribution is 0.0630. The molecule has 1 saturated heterocycles. The zero-order valence-corrected chi connectivity index (χ0v) is 24.1. The van der Waals surface area contributed by atoms with Crippen molar-refractivity contribution in [2.24, 2.45) is 7.05 Å². The molecular weight excluding hydrogens is 504 g/mol. The van der Waals surface area contributed by atoms with Gasteiger partial charge >= 0.3 is 0 Å². The summed E-state index contributed by atoms with van der Waals surface area (Å²) in [6.07, 6.45) is 7.43. The van der Waals surface area contributed by atoms with Gasteiger partial charge in [0.25, 0.3) is 5.91 Å². The van der Waals surface area contributed by atoms with E-state index >= 15 is 0 Å². The summed E-state index contributed by atoms with van der Waals surface area (Å²) in [7, 11) is 6.08. The van der Waals surface area contributed by atoms with Gasteiger partial charge in [-0.25, -0.2) is 4.98 Å². The van der Waals surface area contributed by atoms with Gasteiger partial charge in [-0.15, -0.1) is 0 Å². The number of rotatable bonds is 9. The van der Waals surface area contributed by atoms with Crippen molar-refractivity contribution in [3.8, 4) is 11.3 Å². The van der Waals surface area contributed by atoms with E-state index < -0.39 is 5.60 Å². The number of likely N-dealkylation sites (tertiary alicyclic amines) is 1. The van der Waals surface area contributed by atoms with E-state index in [1.165, 1.54) is 5.56 Å². The van der Waals surface area contributed by atoms with Crippen molar-refractivity contribution in [3.05, 3.63) is 60.0 Å². The molecule has 4 heterocycles. The Kier molecular flexibility index (Phi) is 8.02. The molecule has 212 valence electrons. The van der Waals surface area contributed by atoms with Crippen LogP contribution in [0.15, 0.2) is 48.9 Å². The lowest BCUT2D eigenvalue weighted by Gasteiger charge is -2.32. The molecule has 4 aromatic rings. The zero-order valence-electron chi connectivity index (χ0n) is 24.1. The molecule has 0 saturated carbocycles. The standard InChI is InChI=1S/C30H40N8O2/c1-30(2,40)20-38-27-17-22(21-9-12-37(13-10-21)15-14-35(3)4)6-7-25(27)33-29(38)34-28(39)23-8-11-31-26(16-23)24-18-32-36(5)19-24/h6-8,11,16-19,21,40H,9-10,12-15,20H2,1-5H3,(H,33,34,39). The minimum absolute atomic E-state index is 0.287. The van der Waals surface area contributed by atoms with Gasteiger partial charge in [-0.2, -0.15) is 5.10 Å². The van der Waals surface area contributed by atoms with Crippen LogP contribution in [0.2, 0.25) is 0 Å². The number of benzene rings is 1. The Morgan fingerprint density at radius 1 is 1.18 bits per heavy atom. The topological polar surface area (TPSA) is 104 Å². The molecule has 0 bridgehead atoms. The monoisotopic (exact) mass is 544 g/mol. The first-order valence-corrected chi connectivity index (χ1v) is 13.9. The molecule has 0 spiro atoms. The van der Waals surface area contributed by atoms with E-state index in [-0.39, 0.29) is 5.91 Å². The third-order valence-corrected chi connectivity index (χ3v) is 7.49. The lowest BCUT2D eigenvalue weighted by atomic mass is 9.89. The largest absolute Gasteiger partial charge is 0.389 e. The van der Waals surface area contributed by atoms with Gasteiger partial charge in [0.05, 0.1) is 35.1 Å². The van der Waals surface area contributed by atoms with Gasteiger partial charge in [-0.1, -0.05) is 6.07 Å². The van der Waals surface area contributed by atoms with E-state index in [9.17, 15) is 9.90 Å². The lowest BCUT2D eigenvalue weighted by Crippen LogP contribution is -2.37. The van der Waals surface area contributed by atoms with E-state index in [1.54, 1.807) is 43.1 Å². The Morgan fingerprint density at radius 2 is 1.95 bits per heavy atom. The van der Waals surface area contributed by atoms with E-state index in [4.69, 9.17) is 4.98 Å². The van der Waals surface area contributed by atoms with Crippen LogP contribution in [0.25, 0.3) is 22.3 Å². The van der Waals surface area contributed by atoms with Crippen molar-refractivity contribution in [2.75, 3.05) is 45.6 Å². The van der Waals surface area contributed by atoms with Crippen molar-refractivity contribution < 1.29 is 9.90 Å². The molecule has 0 unspecified atom stereocenters. The SMILES string of the molecule is CN(C)CCN1CCC(c2ccc3nc(NC(=O)c4ccnc(-c5cnn(C)c5)c4)n(CC(C)(C)O)c3c2)CC1. The fourth-order valence-electron chi connectivity index (χ4n) is 5.32. The number of fused-ring (bicyclic) bond motifs is 1. The van der Waals surface area contributed by atoms with Gasteiger partial charge in [-0.05, 0) is 89.6 Å². The molecule has 40 heavy (non-hydrogen) atoms. The predicted molar refractivity (Wildman–Crippen MR) is 157 cm³/mol. The fraction of sp³-hybridized carbons (Fsp3) is 0.467. The molecule has 1 amide bonds. The molecule has 3 aromatic heterocycles. The molecule has 2 N–H and O–H groups in total. The highest BCUT2D eigenvalue weighted by Crippen LogP contribution is 2.32. The summed E-state index contributed by atoms with van der Waals surface area (Å²) >= 11 is 0. The van der Waals surface area contributed by atoms with Gasteiger partial charge in [0, 0.05) is 43.7 Å². The van der Waals surface area contributed by atoms with Crippen molar-refractivity contribution in [1.29, 1.82) is 0 Å². The Hall–Kier alpha value is -3.60. The number of hydrogen-bond donors (Lipinski definition) is 2. The first kappa shape index (κ1) is 27.9. The number of hydrogen-bond acceptors (Lipinski definition) is 7. The number of aromatic nitrogens is 5. The van der Waals surface area contributed by atoms with Crippen LogP contribution in [0, 0.1) is 0 Å². The number of carbonyl (C=O) groups excluding carboxylic acids is 1. The molecule has 1 aromatic carbocycles. The number of nitrogens with zero attached hydrogens (tertiary/aromatic N) is 7. The summed E-state index contributed by atoms with van der Waals surface area (Å²) < 4.78 is 3.62. The summed E-state index contributed by atoms with van der Waals surface area (Å²) in [4.78, 5) is 27.3. The quantitative estimate of drug-likeness (QED) is 0.332. The molecule has 1 aliphatic rings. The average molecular weight is 545 g/mol. The van der Waals surface area contributed by atoms with E-state index in [0.717, 1.165) is 55.6 Å². The number of likely N-dealkylation sites (N-methyl/N-ethyl adjacent to an activating group) is 1. The van der Waals surface area contributed by atoms with Crippen LogP contribution in [-0.4, -0.2) is 91.0 Å². The van der Waals surface area contributed by atoms with Gasteiger partial charge in [0.15, 0.2) is 0 Å². The molecule has 5 rings (SSSR count). The molecule has 0 radical (unpaired) electrons. The summed E-state index contributed by atoms with van der Waals surface area (Å²) in [5.74, 6) is 0.605. The Balaban J connectivity index is 1.39. The number of anilines is 1. The Bertz CT molecular complexity index is 1470. The smallest absolute Gasteiger partial charge is 0.258 e. The number of aliphatic hydroxyl groups is 1. The minimum atomic E-state index is -0.995. The summed E-state index contributed by atoms with van der Waals surface area (Å²) in [6.45, 7) is 8.18. The number of piperidine rings is 1. The Morgan fingerprint density at radius 3 is 2.62 bits per heavy atom. The normalized spacial score (nSPS) is 15.3. The van der Waals surface area contributed by atoms with Crippen molar-refractivity contribution >= 4 is 22.9 Å². The second-order valence-electron chi connectivity index (χ2n) is 11.8. The average Bonchev–Trinajstić information content (AvgIpc) is 3.50. The van der Waals surface area contributed by atoms with Crippen LogP contribution in [0.5, 0.6) is 0 Å². The molecular formula is C30H40N8O2.